The molecule has 5 aromatic heterocycles. The predicted octanol–water partition coefficient (Wildman–Crippen LogP) is 16.4. The maximum Gasteiger partial charge on any atom is 0.0555 e. The van der Waals surface area contributed by atoms with Gasteiger partial charge in [0.05, 0.1) is 44.1 Å². The van der Waals surface area contributed by atoms with Gasteiger partial charge in [0.2, 0.25) is 0 Å². The Bertz CT molecular complexity index is 4180. The summed E-state index contributed by atoms with van der Waals surface area (Å²) in [4.78, 5) is 0. The van der Waals surface area contributed by atoms with Crippen molar-refractivity contribution >= 4 is 119 Å². The fraction of sp³-hybridized carbons (Fsp3) is 0. The average molecular weight is 845 g/mol. The molecule has 0 unspecified atom stereocenters. The Morgan fingerprint density at radius 1 is 0.215 bits per heavy atom. The van der Waals surface area contributed by atoms with Crippen molar-refractivity contribution in [1.29, 1.82) is 0 Å². The molecule has 65 heavy (non-hydrogen) atoms. The first-order valence-electron chi connectivity index (χ1n) is 22.3. The van der Waals surface area contributed by atoms with E-state index in [0.29, 0.717) is 0 Å². The van der Waals surface area contributed by atoms with Crippen LogP contribution in [0.3, 0.4) is 0 Å². The van der Waals surface area contributed by atoms with Crippen molar-refractivity contribution in [3.63, 3.8) is 0 Å². The second-order valence-corrected chi connectivity index (χ2v) is 18.3. The number of para-hydroxylation sites is 6. The summed E-state index contributed by atoms with van der Waals surface area (Å²) in [7, 11) is 0. The molecule has 0 aliphatic heterocycles. The van der Waals surface area contributed by atoms with Gasteiger partial charge in [-0.2, -0.15) is 0 Å². The van der Waals surface area contributed by atoms with Crippen molar-refractivity contribution < 1.29 is 0 Å². The van der Waals surface area contributed by atoms with Crippen LogP contribution in [0.25, 0.3) is 130 Å². The Morgan fingerprint density at radius 2 is 0.538 bits per heavy atom. The standard InChI is InChI=1S/C60H36N4S/c1-3-15-37(16-4-1)61-49-23-11-7-19-41(49)47-35-39(27-31-53(47)61)63-51-25-13-9-21-45(51)57-55(63)33-29-43-44-30-34-56-58(60(44)65-59(43)57)46-22-10-14-26-52(46)64(56)40-28-32-54-48(36-40)42-20-8-12-24-50(42)62(54)38-17-5-2-6-18-38/h1-36H. The smallest absolute Gasteiger partial charge is 0.0555 e. The van der Waals surface area contributed by atoms with Gasteiger partial charge < -0.3 is 18.3 Å². The molecule has 0 saturated carbocycles. The van der Waals surface area contributed by atoms with E-state index in [1.54, 1.807) is 0 Å². The minimum atomic E-state index is 1.16. The van der Waals surface area contributed by atoms with Crippen LogP contribution in [-0.4, -0.2) is 18.3 Å². The minimum Gasteiger partial charge on any atom is -0.309 e. The first kappa shape index (κ1) is 35.1. The molecule has 0 bridgehead atoms. The van der Waals surface area contributed by atoms with Crippen LogP contribution in [0.4, 0.5) is 0 Å². The molecule has 0 fully saturated rings. The highest BCUT2D eigenvalue weighted by Gasteiger charge is 2.23. The molecule has 15 aromatic rings. The Hall–Kier alpha value is -8.38. The summed E-state index contributed by atoms with van der Waals surface area (Å²) < 4.78 is 12.4. The zero-order valence-corrected chi connectivity index (χ0v) is 35.8. The van der Waals surface area contributed by atoms with Crippen LogP contribution < -0.4 is 0 Å². The van der Waals surface area contributed by atoms with Crippen molar-refractivity contribution in [3.05, 3.63) is 218 Å². The molecule has 5 heterocycles. The summed E-state index contributed by atoms with van der Waals surface area (Å²) in [5.74, 6) is 0. The third kappa shape index (κ3) is 4.74. The fourth-order valence-corrected chi connectivity index (χ4v) is 12.7. The molecule has 10 aromatic carbocycles. The van der Waals surface area contributed by atoms with Crippen LogP contribution in [0.2, 0.25) is 0 Å². The van der Waals surface area contributed by atoms with Crippen LogP contribution in [0.15, 0.2) is 218 Å². The highest BCUT2D eigenvalue weighted by molar-refractivity contribution is 7.27. The van der Waals surface area contributed by atoms with E-state index in [9.17, 15) is 0 Å². The van der Waals surface area contributed by atoms with Gasteiger partial charge in [-0.1, -0.05) is 121 Å². The van der Waals surface area contributed by atoms with Gasteiger partial charge in [-0.15, -0.1) is 11.3 Å². The molecule has 4 nitrogen and oxygen atoms in total. The molecule has 0 atom stereocenters. The number of fused-ring (bicyclic) bond motifs is 17. The Labute approximate surface area is 376 Å². The Kier molecular flexibility index (Phi) is 7.07. The Morgan fingerprint density at radius 3 is 0.969 bits per heavy atom. The number of hydrogen-bond acceptors (Lipinski definition) is 1. The monoisotopic (exact) mass is 844 g/mol. The van der Waals surface area contributed by atoms with Gasteiger partial charge in [-0.05, 0) is 97.1 Å². The molecular formula is C60H36N4S. The van der Waals surface area contributed by atoms with E-state index in [0.717, 1.165) is 11.4 Å². The lowest BCUT2D eigenvalue weighted by molar-refractivity contribution is 1.17. The molecule has 0 amide bonds. The van der Waals surface area contributed by atoms with Crippen molar-refractivity contribution in [2.45, 2.75) is 0 Å². The van der Waals surface area contributed by atoms with Crippen molar-refractivity contribution in [3.8, 4) is 22.7 Å². The average Bonchev–Trinajstić information content (AvgIpc) is 4.17. The first-order valence-corrected chi connectivity index (χ1v) is 23.1. The van der Waals surface area contributed by atoms with E-state index in [4.69, 9.17) is 0 Å². The quantitative estimate of drug-likeness (QED) is 0.168. The van der Waals surface area contributed by atoms with Crippen molar-refractivity contribution in [2.75, 3.05) is 0 Å². The van der Waals surface area contributed by atoms with E-state index in [1.807, 2.05) is 11.3 Å². The first-order chi connectivity index (χ1) is 32.3. The molecule has 5 heteroatoms. The minimum absolute atomic E-state index is 1.16. The van der Waals surface area contributed by atoms with Crippen LogP contribution in [0, 0.1) is 0 Å². The zero-order chi connectivity index (χ0) is 42.3. The van der Waals surface area contributed by atoms with E-state index in [2.05, 4.69) is 237 Å². The van der Waals surface area contributed by atoms with Gasteiger partial charge in [0.15, 0.2) is 0 Å². The van der Waals surface area contributed by atoms with Crippen molar-refractivity contribution in [2.24, 2.45) is 0 Å². The SMILES string of the molecule is c1ccc(-n2c3ccccc3c3cc(-n4c5ccccc5c5c6sc7c(ccc8c7c7ccccc7n8-c7ccc8c(c7)c7ccccc7n8-c7ccccc7)c6ccc54)ccc32)cc1. The van der Waals surface area contributed by atoms with E-state index in [1.165, 1.54) is 119 Å². The van der Waals surface area contributed by atoms with E-state index >= 15 is 0 Å². The molecule has 0 radical (unpaired) electrons. The molecular weight excluding hydrogens is 809 g/mol. The molecule has 0 saturated heterocycles. The highest BCUT2D eigenvalue weighted by Crippen LogP contribution is 2.48. The largest absolute Gasteiger partial charge is 0.309 e. The molecule has 0 spiro atoms. The van der Waals surface area contributed by atoms with Gasteiger partial charge in [-0.25, -0.2) is 0 Å². The van der Waals surface area contributed by atoms with Gasteiger partial charge in [0, 0.05) is 86.0 Å². The third-order valence-electron chi connectivity index (χ3n) is 13.9. The van der Waals surface area contributed by atoms with Gasteiger partial charge in [0.1, 0.15) is 0 Å². The second kappa shape index (κ2) is 13.1. The molecule has 15 rings (SSSR count). The molecule has 0 N–H and O–H groups in total. The highest BCUT2D eigenvalue weighted by atomic mass is 32.1. The molecule has 0 aliphatic rings. The second-order valence-electron chi connectivity index (χ2n) is 17.3. The number of aromatic nitrogens is 4. The van der Waals surface area contributed by atoms with Gasteiger partial charge >= 0.3 is 0 Å². The number of hydrogen-bond donors (Lipinski definition) is 0. The van der Waals surface area contributed by atoms with Crippen LogP contribution in [0.1, 0.15) is 0 Å². The summed E-state index contributed by atoms with van der Waals surface area (Å²) in [6.07, 6.45) is 0. The van der Waals surface area contributed by atoms with E-state index < -0.39 is 0 Å². The lowest BCUT2D eigenvalue weighted by atomic mass is 10.1. The Balaban J connectivity index is 0.967. The van der Waals surface area contributed by atoms with Gasteiger partial charge in [0.25, 0.3) is 0 Å². The van der Waals surface area contributed by atoms with Crippen molar-refractivity contribution in [1.82, 2.24) is 18.3 Å². The maximum absolute atomic E-state index is 2.48. The number of thiophene rings is 1. The molecule has 0 aliphatic carbocycles. The number of rotatable bonds is 4. The lowest BCUT2D eigenvalue weighted by Gasteiger charge is -2.10. The number of nitrogens with zero attached hydrogens (tertiary/aromatic N) is 4. The van der Waals surface area contributed by atoms with Gasteiger partial charge in [-0.3, -0.25) is 0 Å². The predicted molar refractivity (Wildman–Crippen MR) is 277 cm³/mol. The van der Waals surface area contributed by atoms with Crippen LogP contribution >= 0.6 is 11.3 Å². The topological polar surface area (TPSA) is 19.7 Å². The van der Waals surface area contributed by atoms with Crippen LogP contribution in [0.5, 0.6) is 0 Å². The lowest BCUT2D eigenvalue weighted by Crippen LogP contribution is -1.95. The third-order valence-corrected chi connectivity index (χ3v) is 15.2. The zero-order valence-electron chi connectivity index (χ0n) is 35.0. The number of benzene rings is 10. The summed E-state index contributed by atoms with van der Waals surface area (Å²) in [6.45, 7) is 0. The normalized spacial score (nSPS) is 12.3. The summed E-state index contributed by atoms with van der Waals surface area (Å²) in [6, 6.07) is 80.4. The summed E-state index contributed by atoms with van der Waals surface area (Å²) in [5, 5.41) is 12.8. The van der Waals surface area contributed by atoms with Crippen LogP contribution in [-0.2, 0) is 0 Å². The summed E-state index contributed by atoms with van der Waals surface area (Å²) in [5.41, 5.74) is 14.4. The maximum atomic E-state index is 2.48. The fourth-order valence-electron chi connectivity index (χ4n) is 11.3. The molecule has 302 valence electrons. The summed E-state index contributed by atoms with van der Waals surface area (Å²) >= 11 is 1.94. The van der Waals surface area contributed by atoms with E-state index in [-0.39, 0.29) is 0 Å².